The van der Waals surface area contributed by atoms with Crippen molar-refractivity contribution in [3.8, 4) is 0 Å². The fraction of sp³-hybridized carbons (Fsp3) is 0.545. The van der Waals surface area contributed by atoms with E-state index >= 15 is 0 Å². The number of aromatic nitrogens is 4. The second-order valence-electron chi connectivity index (χ2n) is 5.06. The average molecular weight is 232 g/mol. The third kappa shape index (κ3) is 1.48. The van der Waals surface area contributed by atoms with Crippen LogP contribution >= 0.6 is 0 Å². The Kier molecular flexibility index (Phi) is 2.09. The third-order valence-electron chi connectivity index (χ3n) is 3.62. The number of anilines is 1. The van der Waals surface area contributed by atoms with E-state index in [1.54, 1.807) is 12.5 Å². The summed E-state index contributed by atoms with van der Waals surface area (Å²) in [4.78, 5) is 6.53. The lowest BCUT2D eigenvalue weighted by Gasteiger charge is -2.50. The van der Waals surface area contributed by atoms with E-state index < -0.39 is 0 Å². The Bertz CT molecular complexity index is 540. The normalized spacial score (nSPS) is 18.7. The zero-order valence-corrected chi connectivity index (χ0v) is 10.0. The fourth-order valence-corrected chi connectivity index (χ4v) is 2.15. The highest BCUT2D eigenvalue weighted by Crippen LogP contribution is 2.31. The first-order valence-corrected chi connectivity index (χ1v) is 5.78. The summed E-state index contributed by atoms with van der Waals surface area (Å²) >= 11 is 0. The number of hydrogen-bond donors (Lipinski definition) is 1. The second-order valence-corrected chi connectivity index (χ2v) is 5.06. The predicted octanol–water partition coefficient (Wildman–Crippen LogP) is 0.298. The maximum Gasteiger partial charge on any atom is 0.203 e. The van der Waals surface area contributed by atoms with Gasteiger partial charge in [-0.1, -0.05) is 13.8 Å². The van der Waals surface area contributed by atoms with Crippen LogP contribution in [0.1, 0.15) is 13.8 Å². The first-order chi connectivity index (χ1) is 8.10. The van der Waals surface area contributed by atoms with Gasteiger partial charge in [-0.2, -0.15) is 0 Å². The molecular formula is C11H16N6. The van der Waals surface area contributed by atoms with Crippen LogP contribution in [0.25, 0.3) is 5.65 Å². The van der Waals surface area contributed by atoms with Crippen LogP contribution in [0, 0.1) is 5.92 Å². The minimum absolute atomic E-state index is 0.103. The smallest absolute Gasteiger partial charge is 0.203 e. The van der Waals surface area contributed by atoms with E-state index in [1.807, 2.05) is 10.6 Å². The van der Waals surface area contributed by atoms with Crippen molar-refractivity contribution in [1.82, 2.24) is 19.6 Å². The van der Waals surface area contributed by atoms with Crippen LogP contribution in [0.3, 0.4) is 0 Å². The minimum atomic E-state index is -0.103. The van der Waals surface area contributed by atoms with Gasteiger partial charge in [0.15, 0.2) is 5.82 Å². The molecule has 2 aromatic heterocycles. The van der Waals surface area contributed by atoms with E-state index in [1.165, 1.54) is 0 Å². The van der Waals surface area contributed by atoms with Gasteiger partial charge in [-0.25, -0.2) is 4.98 Å². The molecule has 17 heavy (non-hydrogen) atoms. The zero-order valence-electron chi connectivity index (χ0n) is 10.0. The summed E-state index contributed by atoms with van der Waals surface area (Å²) in [5.41, 5.74) is 6.97. The quantitative estimate of drug-likeness (QED) is 0.806. The third-order valence-corrected chi connectivity index (χ3v) is 3.62. The molecule has 1 aliphatic rings. The van der Waals surface area contributed by atoms with Crippen LogP contribution in [0.4, 0.5) is 5.82 Å². The van der Waals surface area contributed by atoms with Crippen molar-refractivity contribution in [3.05, 3.63) is 18.7 Å². The molecular weight excluding hydrogens is 216 g/mol. The molecule has 0 spiro atoms. The number of rotatable bonds is 2. The van der Waals surface area contributed by atoms with E-state index in [2.05, 4.69) is 33.9 Å². The molecule has 0 atom stereocenters. The van der Waals surface area contributed by atoms with Gasteiger partial charge in [-0.3, -0.25) is 4.40 Å². The fourth-order valence-electron chi connectivity index (χ4n) is 2.15. The highest BCUT2D eigenvalue weighted by atomic mass is 15.3. The highest BCUT2D eigenvalue weighted by molar-refractivity contribution is 5.65. The van der Waals surface area contributed by atoms with E-state index in [-0.39, 0.29) is 5.54 Å². The van der Waals surface area contributed by atoms with Crippen molar-refractivity contribution in [2.45, 2.75) is 19.4 Å². The van der Waals surface area contributed by atoms with Gasteiger partial charge in [0.05, 0.1) is 5.54 Å². The minimum Gasteiger partial charge on any atom is -0.350 e. The van der Waals surface area contributed by atoms with Gasteiger partial charge < -0.3 is 10.6 Å². The molecule has 0 bridgehead atoms. The van der Waals surface area contributed by atoms with Crippen molar-refractivity contribution in [1.29, 1.82) is 0 Å². The lowest BCUT2D eigenvalue weighted by Crippen LogP contribution is -2.70. The SMILES string of the molecule is CC(C)C1(N)CN(c2nccn3cnnc23)C1. The van der Waals surface area contributed by atoms with Crippen LogP contribution < -0.4 is 10.6 Å². The van der Waals surface area contributed by atoms with Gasteiger partial charge in [0, 0.05) is 25.5 Å². The van der Waals surface area contributed by atoms with Gasteiger partial charge in [0.2, 0.25) is 5.65 Å². The molecule has 3 heterocycles. The standard InChI is InChI=1S/C11H16N6/c1-8(2)11(12)5-17(6-11)9-10-15-14-7-16(10)4-3-13-9/h3-4,7-8H,5-6,12H2,1-2H3. The number of nitrogens with two attached hydrogens (primary N) is 1. The summed E-state index contributed by atoms with van der Waals surface area (Å²) in [6.07, 6.45) is 5.28. The van der Waals surface area contributed by atoms with Crippen LogP contribution in [-0.2, 0) is 0 Å². The van der Waals surface area contributed by atoms with Gasteiger partial charge >= 0.3 is 0 Å². The first kappa shape index (κ1) is 10.5. The molecule has 6 heteroatoms. The Morgan fingerprint density at radius 1 is 1.41 bits per heavy atom. The Morgan fingerprint density at radius 3 is 2.88 bits per heavy atom. The highest BCUT2D eigenvalue weighted by Gasteiger charge is 2.43. The van der Waals surface area contributed by atoms with Crippen molar-refractivity contribution in [2.75, 3.05) is 18.0 Å². The molecule has 0 aliphatic carbocycles. The van der Waals surface area contributed by atoms with Gasteiger partial charge in [0.1, 0.15) is 6.33 Å². The maximum absolute atomic E-state index is 6.28. The molecule has 0 unspecified atom stereocenters. The summed E-state index contributed by atoms with van der Waals surface area (Å²) in [5, 5.41) is 7.97. The van der Waals surface area contributed by atoms with Crippen LogP contribution in [0.15, 0.2) is 18.7 Å². The molecule has 1 saturated heterocycles. The molecule has 0 saturated carbocycles. The summed E-state index contributed by atoms with van der Waals surface area (Å²) in [7, 11) is 0. The molecule has 90 valence electrons. The van der Waals surface area contributed by atoms with Gasteiger partial charge in [-0.05, 0) is 5.92 Å². The Balaban J connectivity index is 1.90. The monoisotopic (exact) mass is 232 g/mol. The number of nitrogens with zero attached hydrogens (tertiary/aromatic N) is 5. The van der Waals surface area contributed by atoms with E-state index in [0.29, 0.717) is 5.92 Å². The van der Waals surface area contributed by atoms with E-state index in [0.717, 1.165) is 24.6 Å². The molecule has 0 radical (unpaired) electrons. The van der Waals surface area contributed by atoms with Gasteiger partial charge in [-0.15, -0.1) is 10.2 Å². The summed E-state index contributed by atoms with van der Waals surface area (Å²) < 4.78 is 1.87. The molecule has 3 rings (SSSR count). The number of hydrogen-bond acceptors (Lipinski definition) is 5. The van der Waals surface area contributed by atoms with Crippen molar-refractivity contribution in [3.63, 3.8) is 0 Å². The topological polar surface area (TPSA) is 72.3 Å². The molecule has 0 aromatic carbocycles. The van der Waals surface area contributed by atoms with Gasteiger partial charge in [0.25, 0.3) is 0 Å². The zero-order chi connectivity index (χ0) is 12.0. The van der Waals surface area contributed by atoms with Crippen LogP contribution in [0.5, 0.6) is 0 Å². The van der Waals surface area contributed by atoms with Crippen molar-refractivity contribution < 1.29 is 0 Å². The predicted molar refractivity (Wildman–Crippen MR) is 64.8 cm³/mol. The van der Waals surface area contributed by atoms with Crippen LogP contribution in [-0.4, -0.2) is 38.2 Å². The average Bonchev–Trinajstić information content (AvgIpc) is 2.72. The van der Waals surface area contributed by atoms with Crippen LogP contribution in [0.2, 0.25) is 0 Å². The summed E-state index contributed by atoms with van der Waals surface area (Å²) in [5.74, 6) is 1.34. The number of fused-ring (bicyclic) bond motifs is 1. The molecule has 1 aliphatic heterocycles. The molecule has 6 nitrogen and oxygen atoms in total. The first-order valence-electron chi connectivity index (χ1n) is 5.78. The molecule has 2 N–H and O–H groups in total. The molecule has 0 amide bonds. The lowest BCUT2D eigenvalue weighted by molar-refractivity contribution is 0.244. The Hall–Kier alpha value is -1.69. The van der Waals surface area contributed by atoms with E-state index in [4.69, 9.17) is 5.73 Å². The molecule has 2 aromatic rings. The van der Waals surface area contributed by atoms with Crippen molar-refractivity contribution >= 4 is 11.5 Å². The van der Waals surface area contributed by atoms with Crippen molar-refractivity contribution in [2.24, 2.45) is 11.7 Å². The Labute approximate surface area is 99.5 Å². The summed E-state index contributed by atoms with van der Waals surface area (Å²) in [6, 6.07) is 0. The maximum atomic E-state index is 6.28. The largest absolute Gasteiger partial charge is 0.350 e. The Morgan fingerprint density at radius 2 is 2.18 bits per heavy atom. The molecule has 1 fully saturated rings. The summed E-state index contributed by atoms with van der Waals surface area (Å²) in [6.45, 7) is 5.96. The second kappa shape index (κ2) is 3.40. The van der Waals surface area contributed by atoms with E-state index in [9.17, 15) is 0 Å². The lowest BCUT2D eigenvalue weighted by atomic mass is 9.80.